The second-order valence-electron chi connectivity index (χ2n) is 16.2. The monoisotopic (exact) mass is 925 g/mol. The van der Waals surface area contributed by atoms with E-state index in [0.717, 1.165) is 50.1 Å². The van der Waals surface area contributed by atoms with Crippen molar-refractivity contribution in [3.63, 3.8) is 0 Å². The highest BCUT2D eigenvalue weighted by Crippen LogP contribution is 2.51. The molecular formula is C44H52ClN5O9S3. The smallest absolute Gasteiger partial charge is 0.349 e. The van der Waals surface area contributed by atoms with Crippen LogP contribution in [0, 0.1) is 5.41 Å². The Kier molecular flexibility index (Phi) is 14.7. The van der Waals surface area contributed by atoms with Gasteiger partial charge in [0, 0.05) is 63.3 Å². The number of aromatic nitrogens is 1. The topological polar surface area (TPSA) is 194 Å². The average molecular weight is 927 g/mol. The van der Waals surface area contributed by atoms with Crippen molar-refractivity contribution in [3.8, 4) is 11.5 Å². The van der Waals surface area contributed by atoms with Crippen molar-refractivity contribution in [2.75, 3.05) is 52.2 Å². The van der Waals surface area contributed by atoms with Crippen molar-refractivity contribution in [2.45, 2.75) is 75.7 Å². The average Bonchev–Trinajstić information content (AvgIpc) is 4.06. The third kappa shape index (κ3) is 10.4. The van der Waals surface area contributed by atoms with Crippen molar-refractivity contribution < 1.29 is 39.2 Å². The lowest BCUT2D eigenvalue weighted by atomic mass is 9.61. The highest BCUT2D eigenvalue weighted by molar-refractivity contribution is 7.16. The van der Waals surface area contributed by atoms with E-state index in [-0.39, 0.29) is 46.9 Å². The van der Waals surface area contributed by atoms with Gasteiger partial charge < -0.3 is 50.2 Å². The molecule has 1 saturated heterocycles. The van der Waals surface area contributed by atoms with E-state index in [0.29, 0.717) is 86.5 Å². The molecule has 332 valence electrons. The van der Waals surface area contributed by atoms with Crippen molar-refractivity contribution in [1.82, 2.24) is 20.1 Å². The quantitative estimate of drug-likeness (QED) is 0.0387. The summed E-state index contributed by atoms with van der Waals surface area (Å²) in [5.74, 6) is -0.324. The fraction of sp³-hybridized carbons (Fsp3) is 0.455. The van der Waals surface area contributed by atoms with E-state index in [1.807, 2.05) is 22.9 Å². The molecule has 14 nitrogen and oxygen atoms in total. The number of phenols is 1. The number of halogens is 1. The molecule has 18 heteroatoms. The molecule has 2 amide bonds. The molecule has 0 radical (unpaired) electrons. The number of hydrogen-bond donors (Lipinski definition) is 6. The molecule has 6 N–H and O–H groups in total. The van der Waals surface area contributed by atoms with E-state index < -0.39 is 17.7 Å². The number of ether oxygens (including phenoxy) is 2. The number of thiazole rings is 1. The molecule has 62 heavy (non-hydrogen) atoms. The third-order valence-electron chi connectivity index (χ3n) is 12.0. The van der Waals surface area contributed by atoms with E-state index in [9.17, 15) is 34.5 Å². The Bertz CT molecular complexity index is 2350. The van der Waals surface area contributed by atoms with Crippen LogP contribution in [0.25, 0.3) is 10.2 Å². The number of carbonyl (C=O) groups excluding carboxylic acids is 3. The van der Waals surface area contributed by atoms with Gasteiger partial charge in [-0.3, -0.25) is 14.4 Å². The fourth-order valence-corrected chi connectivity index (χ4v) is 11.2. The molecule has 1 saturated carbocycles. The third-order valence-corrected chi connectivity index (χ3v) is 15.2. The summed E-state index contributed by atoms with van der Waals surface area (Å²) in [5, 5.41) is 42.5. The summed E-state index contributed by atoms with van der Waals surface area (Å²) in [4.78, 5) is 58.5. The summed E-state index contributed by atoms with van der Waals surface area (Å²) in [6.07, 6.45) is 4.27. The number of carbonyl (C=O) groups is 3. The molecule has 2 aromatic carbocycles. The zero-order valence-electron chi connectivity index (χ0n) is 34.6. The predicted molar refractivity (Wildman–Crippen MR) is 242 cm³/mol. The molecule has 2 aliphatic rings. The summed E-state index contributed by atoms with van der Waals surface area (Å²) < 4.78 is 12.0. The first-order valence-electron chi connectivity index (χ1n) is 20.7. The van der Waals surface area contributed by atoms with Gasteiger partial charge in [-0.15, -0.1) is 22.7 Å². The van der Waals surface area contributed by atoms with Gasteiger partial charge in [0.2, 0.25) is 17.4 Å². The van der Waals surface area contributed by atoms with Gasteiger partial charge in [-0.25, -0.2) is 4.79 Å². The van der Waals surface area contributed by atoms with E-state index >= 15 is 0 Å². The highest BCUT2D eigenvalue weighted by atomic mass is 35.5. The number of aromatic hydroxyl groups is 1. The summed E-state index contributed by atoms with van der Waals surface area (Å²) in [7, 11) is 3.31. The number of benzene rings is 2. The maximum atomic E-state index is 13.4. The molecular weight excluding hydrogens is 874 g/mol. The number of piperidine rings is 1. The number of aromatic amines is 1. The number of H-pyrrole nitrogens is 1. The molecule has 1 aliphatic carbocycles. The number of nitrogens with one attached hydrogen (secondary N) is 3. The number of fused-ring (bicyclic) bond motifs is 1. The van der Waals surface area contributed by atoms with E-state index in [4.69, 9.17) is 21.1 Å². The van der Waals surface area contributed by atoms with Gasteiger partial charge in [0.05, 0.1) is 38.4 Å². The molecule has 5 aromatic rings. The van der Waals surface area contributed by atoms with Gasteiger partial charge in [0.15, 0.2) is 0 Å². The minimum absolute atomic E-state index is 0.0616. The summed E-state index contributed by atoms with van der Waals surface area (Å²) in [5.41, 5.74) is 0.269. The van der Waals surface area contributed by atoms with E-state index in [2.05, 4.69) is 20.5 Å². The largest absolute Gasteiger partial charge is 0.506 e. The summed E-state index contributed by atoms with van der Waals surface area (Å²) in [6.45, 7) is 3.43. The maximum Gasteiger partial charge on any atom is 0.349 e. The van der Waals surface area contributed by atoms with Crippen molar-refractivity contribution in [1.29, 1.82) is 0 Å². The van der Waals surface area contributed by atoms with Crippen molar-refractivity contribution in [2.24, 2.45) is 5.41 Å². The number of esters is 1. The van der Waals surface area contributed by atoms with Crippen LogP contribution in [0.15, 0.2) is 64.1 Å². The van der Waals surface area contributed by atoms with E-state index in [1.54, 1.807) is 42.3 Å². The summed E-state index contributed by atoms with van der Waals surface area (Å²) in [6, 6.07) is 13.5. The molecule has 7 rings (SSSR count). The number of methoxy groups -OCH3 is 1. The number of hydrogen-bond acceptors (Lipinski definition) is 14. The minimum Gasteiger partial charge on any atom is -0.506 e. The number of unbranched alkanes of at least 4 members (excludes halogenated alkanes) is 1. The van der Waals surface area contributed by atoms with Gasteiger partial charge in [-0.05, 0) is 92.1 Å². The van der Waals surface area contributed by atoms with Crippen LogP contribution in [0.1, 0.15) is 78.4 Å². The van der Waals surface area contributed by atoms with Gasteiger partial charge in [-0.2, -0.15) is 0 Å². The van der Waals surface area contributed by atoms with Crippen LogP contribution in [0.4, 0.5) is 5.69 Å². The lowest BCUT2D eigenvalue weighted by molar-refractivity contribution is -0.181. The number of aliphatic hydroxyl groups excluding tert-OH is 1. The first-order chi connectivity index (χ1) is 29.8. The van der Waals surface area contributed by atoms with Crippen LogP contribution in [0.5, 0.6) is 11.5 Å². The standard InChI is InChI=1S/C44H52ClN5O9S3/c1-49(38(54)12-16-50-17-13-43(14-18-50)23-28(24-43)59-41(55)44(57,35-7-5-19-60-35)36-8-6-20-61-36)15-4-3-9-37(53)47-31-22-34(58-2)27(21-30(31)45)25-46-26-33(52)29-10-11-32(51)39-40(29)62-42(56)48-39/h5-8,10-11,19-22,28,33,46,51-52,57H,3-4,9,12-18,23-26H2,1-2H3,(H,47,53)(H,48,56)/t33-/m0/s1. The molecule has 1 atom stereocenters. The van der Waals surface area contributed by atoms with Crippen LogP contribution in [-0.2, 0) is 31.3 Å². The second-order valence-corrected chi connectivity index (χ2v) is 19.5. The van der Waals surface area contributed by atoms with Crippen LogP contribution in [-0.4, -0.2) is 101 Å². The first kappa shape index (κ1) is 45.7. The SMILES string of the molecule is COc1cc(NC(=O)CCCCN(C)C(=O)CCN2CCC3(CC2)CC(OC(=O)C(O)(c2cccs2)c2cccs2)C3)c(Cl)cc1CNC[C@H](O)c1ccc(O)c2[nH]c(=O)sc12. The van der Waals surface area contributed by atoms with Gasteiger partial charge in [-0.1, -0.05) is 41.1 Å². The number of phenolic OH excluding ortho intramolecular Hbond substituents is 1. The zero-order chi connectivity index (χ0) is 44.0. The van der Waals surface area contributed by atoms with E-state index in [1.165, 1.54) is 35.8 Å². The first-order valence-corrected chi connectivity index (χ1v) is 23.6. The Morgan fingerprint density at radius 2 is 1.77 bits per heavy atom. The molecule has 0 bridgehead atoms. The Hall–Kier alpha value is -4.33. The maximum absolute atomic E-state index is 13.4. The number of aliphatic hydroxyl groups is 2. The minimum atomic E-state index is -1.79. The fourth-order valence-electron chi connectivity index (χ4n) is 8.37. The second kappa shape index (κ2) is 20.0. The number of anilines is 1. The van der Waals surface area contributed by atoms with Gasteiger partial charge >= 0.3 is 10.8 Å². The Morgan fingerprint density at radius 1 is 1.06 bits per heavy atom. The number of thiophene rings is 2. The van der Waals surface area contributed by atoms with Crippen molar-refractivity contribution in [3.05, 3.63) is 94.9 Å². The van der Waals surface area contributed by atoms with Gasteiger partial charge in [0.25, 0.3) is 0 Å². The van der Waals surface area contributed by atoms with Crippen molar-refractivity contribution >= 4 is 79.3 Å². The molecule has 1 spiro atoms. The van der Waals surface area contributed by atoms with Crippen LogP contribution in [0.2, 0.25) is 5.02 Å². The zero-order valence-corrected chi connectivity index (χ0v) is 37.8. The molecule has 0 unspecified atom stereocenters. The van der Waals surface area contributed by atoms with Gasteiger partial charge in [0.1, 0.15) is 23.1 Å². The molecule has 2 fully saturated rings. The Labute approximate surface area is 376 Å². The predicted octanol–water partition coefficient (Wildman–Crippen LogP) is 6.58. The Balaban J connectivity index is 0.773. The van der Waals surface area contributed by atoms with Crippen LogP contribution >= 0.6 is 45.6 Å². The van der Waals surface area contributed by atoms with Crippen LogP contribution < -0.4 is 20.2 Å². The van der Waals surface area contributed by atoms with Crippen LogP contribution in [0.3, 0.4) is 0 Å². The Morgan fingerprint density at radius 3 is 2.44 bits per heavy atom. The molecule has 1 aliphatic heterocycles. The normalized spacial score (nSPS) is 16.0. The number of nitrogens with zero attached hydrogens (tertiary/aromatic N) is 2. The lowest BCUT2D eigenvalue weighted by Crippen LogP contribution is -2.52. The summed E-state index contributed by atoms with van der Waals surface area (Å²) >= 11 is 10.2. The number of likely N-dealkylation sites (tertiary alicyclic amines) is 1. The lowest BCUT2D eigenvalue weighted by Gasteiger charge is -2.51. The molecule has 3 aromatic heterocycles. The number of amides is 2. The molecule has 4 heterocycles. The highest BCUT2D eigenvalue weighted by Gasteiger charge is 2.51. The number of rotatable bonds is 19.